The highest BCUT2D eigenvalue weighted by Crippen LogP contribution is 2.41. The normalized spacial score (nSPS) is 22.5. The quantitative estimate of drug-likeness (QED) is 0.523. The maximum atomic E-state index is 15.9. The van der Waals surface area contributed by atoms with Gasteiger partial charge in [-0.2, -0.15) is 17.4 Å². The highest BCUT2D eigenvalue weighted by Gasteiger charge is 2.60. The Bertz CT molecular complexity index is 1330. The lowest BCUT2D eigenvalue weighted by Crippen LogP contribution is -2.58. The van der Waals surface area contributed by atoms with Gasteiger partial charge < -0.3 is 10.0 Å². The Labute approximate surface area is 221 Å². The molecule has 2 heterocycles. The maximum Gasteiger partial charge on any atom is 0.283 e. The average Bonchev–Trinajstić information content (AvgIpc) is 3.06. The van der Waals surface area contributed by atoms with Crippen molar-refractivity contribution in [2.45, 2.75) is 69.6 Å². The number of carbonyl (C=O) groups excluding carboxylic acids is 1. The fourth-order valence-corrected chi connectivity index (χ4v) is 5.88. The van der Waals surface area contributed by atoms with Crippen LogP contribution in [-0.2, 0) is 27.8 Å². The van der Waals surface area contributed by atoms with E-state index in [1.165, 1.54) is 26.2 Å². The van der Waals surface area contributed by atoms with Crippen LogP contribution in [-0.4, -0.2) is 77.9 Å². The van der Waals surface area contributed by atoms with E-state index in [4.69, 9.17) is 0 Å². The SMILES string of the molecule is CCc1cc(C)nc(-c2cccc(C[C@H]3[C@@H](NS(=O)(=O)N(C)C)C(F)(F)CN3C(=O)C3(O)CCC3)c2F)c1. The summed E-state index contributed by atoms with van der Waals surface area (Å²) >= 11 is 0. The van der Waals surface area contributed by atoms with Crippen LogP contribution < -0.4 is 4.72 Å². The summed E-state index contributed by atoms with van der Waals surface area (Å²) in [7, 11) is -1.95. The molecule has 2 atom stereocenters. The summed E-state index contributed by atoms with van der Waals surface area (Å²) in [4.78, 5) is 18.5. The minimum Gasteiger partial charge on any atom is -0.380 e. The molecule has 0 radical (unpaired) electrons. The smallest absolute Gasteiger partial charge is 0.283 e. The Kier molecular flexibility index (Phi) is 7.65. The van der Waals surface area contributed by atoms with Crippen LogP contribution in [0.15, 0.2) is 30.3 Å². The predicted octanol–water partition coefficient (Wildman–Crippen LogP) is 2.83. The molecule has 1 saturated carbocycles. The molecule has 2 fully saturated rings. The first kappa shape index (κ1) is 28.5. The number of nitrogens with zero attached hydrogens (tertiary/aromatic N) is 3. The number of aliphatic hydroxyl groups is 1. The molecule has 2 N–H and O–H groups in total. The van der Waals surface area contributed by atoms with Crippen molar-refractivity contribution in [1.82, 2.24) is 18.9 Å². The summed E-state index contributed by atoms with van der Waals surface area (Å²) in [6.07, 6.45) is 1.12. The van der Waals surface area contributed by atoms with Crippen molar-refractivity contribution in [3.05, 3.63) is 53.0 Å². The number of alkyl halides is 2. The highest BCUT2D eigenvalue weighted by molar-refractivity contribution is 7.87. The molecular weight excluding hydrogens is 521 g/mol. The average molecular weight is 555 g/mol. The van der Waals surface area contributed by atoms with E-state index in [9.17, 15) is 18.3 Å². The number of hydrogen-bond acceptors (Lipinski definition) is 5. The van der Waals surface area contributed by atoms with Crippen LogP contribution in [0.1, 0.15) is 43.0 Å². The van der Waals surface area contributed by atoms with E-state index in [2.05, 4.69) is 4.98 Å². The summed E-state index contributed by atoms with van der Waals surface area (Å²) in [5.41, 5.74) is 0.455. The largest absolute Gasteiger partial charge is 0.380 e. The molecule has 4 rings (SSSR count). The van der Waals surface area contributed by atoms with Gasteiger partial charge in [-0.15, -0.1) is 0 Å². The molecule has 1 aromatic heterocycles. The van der Waals surface area contributed by atoms with Crippen LogP contribution in [0.25, 0.3) is 11.3 Å². The van der Waals surface area contributed by atoms with E-state index in [1.807, 2.05) is 17.7 Å². The van der Waals surface area contributed by atoms with Gasteiger partial charge in [0.25, 0.3) is 22.0 Å². The lowest BCUT2D eigenvalue weighted by molar-refractivity contribution is -0.162. The van der Waals surface area contributed by atoms with Crippen LogP contribution in [0.4, 0.5) is 13.2 Å². The lowest BCUT2D eigenvalue weighted by atomic mass is 9.79. The van der Waals surface area contributed by atoms with Gasteiger partial charge in [-0.1, -0.05) is 19.1 Å². The van der Waals surface area contributed by atoms with Gasteiger partial charge in [0.1, 0.15) is 17.5 Å². The number of nitrogens with one attached hydrogen (secondary N) is 1. The van der Waals surface area contributed by atoms with Gasteiger partial charge in [-0.3, -0.25) is 9.78 Å². The van der Waals surface area contributed by atoms with E-state index in [0.29, 0.717) is 24.2 Å². The zero-order valence-electron chi connectivity index (χ0n) is 21.8. The molecule has 208 valence electrons. The Balaban J connectivity index is 1.76. The standard InChI is InChI=1S/C26H33F3N4O4S/c1-5-17-12-16(2)30-20(13-17)19-9-6-8-18(22(19)27)14-21-23(31-38(36,37)32(3)4)26(28,29)15-33(21)24(34)25(35)10-7-11-25/h6,8-9,12-13,21,23,31,35H,5,7,10-11,14-15H2,1-4H3/t21-,23+/m0/s1. The van der Waals surface area contributed by atoms with Gasteiger partial charge in [0.15, 0.2) is 0 Å². The van der Waals surface area contributed by atoms with Crippen LogP contribution in [0.5, 0.6) is 0 Å². The first-order valence-electron chi connectivity index (χ1n) is 12.5. The van der Waals surface area contributed by atoms with E-state index < -0.39 is 58.5 Å². The molecule has 12 heteroatoms. The summed E-state index contributed by atoms with van der Waals surface area (Å²) in [5.74, 6) is -5.25. The first-order chi connectivity index (χ1) is 17.7. The third-order valence-corrected chi connectivity index (χ3v) is 8.94. The van der Waals surface area contributed by atoms with Crippen molar-refractivity contribution in [2.75, 3.05) is 20.6 Å². The molecule has 1 aliphatic heterocycles. The molecule has 0 bridgehead atoms. The van der Waals surface area contributed by atoms with Crippen molar-refractivity contribution in [2.24, 2.45) is 0 Å². The van der Waals surface area contributed by atoms with Crippen molar-refractivity contribution in [3.63, 3.8) is 0 Å². The summed E-state index contributed by atoms with van der Waals surface area (Å²) in [5, 5.41) is 10.7. The summed E-state index contributed by atoms with van der Waals surface area (Å²) in [6, 6.07) is 4.70. The predicted molar refractivity (Wildman–Crippen MR) is 136 cm³/mol. The van der Waals surface area contributed by atoms with Crippen molar-refractivity contribution >= 4 is 16.1 Å². The van der Waals surface area contributed by atoms with Crippen molar-refractivity contribution in [3.8, 4) is 11.3 Å². The molecule has 0 spiro atoms. The number of halogens is 3. The Morgan fingerprint density at radius 3 is 2.53 bits per heavy atom. The molecule has 38 heavy (non-hydrogen) atoms. The van der Waals surface area contributed by atoms with Crippen LogP contribution >= 0.6 is 0 Å². The monoisotopic (exact) mass is 554 g/mol. The first-order valence-corrected chi connectivity index (χ1v) is 14.0. The number of hydrogen-bond donors (Lipinski definition) is 2. The molecule has 8 nitrogen and oxygen atoms in total. The zero-order valence-corrected chi connectivity index (χ0v) is 22.7. The van der Waals surface area contributed by atoms with E-state index in [-0.39, 0.29) is 24.0 Å². The molecule has 1 aromatic carbocycles. The van der Waals surface area contributed by atoms with Gasteiger partial charge in [0.05, 0.1) is 18.3 Å². The van der Waals surface area contributed by atoms with Crippen LogP contribution in [0, 0.1) is 12.7 Å². The molecule has 1 amide bonds. The number of aromatic nitrogens is 1. The number of aryl methyl sites for hydroxylation is 2. The minimum atomic E-state index is -4.33. The second-order valence-corrected chi connectivity index (χ2v) is 12.3. The lowest BCUT2D eigenvalue weighted by Gasteiger charge is -2.40. The highest BCUT2D eigenvalue weighted by atomic mass is 32.2. The molecular formula is C26H33F3N4O4S. The summed E-state index contributed by atoms with van der Waals surface area (Å²) in [6.45, 7) is 2.66. The van der Waals surface area contributed by atoms with Gasteiger partial charge in [0, 0.05) is 25.4 Å². The maximum absolute atomic E-state index is 15.9. The van der Waals surface area contributed by atoms with Gasteiger partial charge >= 0.3 is 0 Å². The number of amides is 1. The number of carbonyl (C=O) groups is 1. The number of benzene rings is 1. The minimum absolute atomic E-state index is 0.0269. The van der Waals surface area contributed by atoms with Crippen LogP contribution in [0.2, 0.25) is 0 Å². The van der Waals surface area contributed by atoms with E-state index >= 15 is 13.2 Å². The molecule has 2 aromatic rings. The number of pyridine rings is 1. The van der Waals surface area contributed by atoms with E-state index in [1.54, 1.807) is 19.1 Å². The number of rotatable bonds is 8. The third kappa shape index (κ3) is 5.31. The second-order valence-electron chi connectivity index (χ2n) is 10.4. The fourth-order valence-electron chi connectivity index (χ4n) is 5.02. The number of likely N-dealkylation sites (tertiary alicyclic amines) is 1. The summed E-state index contributed by atoms with van der Waals surface area (Å²) < 4.78 is 74.4. The molecule has 2 aliphatic rings. The topological polar surface area (TPSA) is 103 Å². The van der Waals surface area contributed by atoms with Gasteiger partial charge in [0.2, 0.25) is 0 Å². The van der Waals surface area contributed by atoms with Crippen molar-refractivity contribution < 1.29 is 31.5 Å². The molecule has 0 unspecified atom stereocenters. The Morgan fingerprint density at radius 2 is 1.95 bits per heavy atom. The van der Waals surface area contributed by atoms with E-state index in [0.717, 1.165) is 14.8 Å². The Morgan fingerprint density at radius 1 is 1.26 bits per heavy atom. The van der Waals surface area contributed by atoms with Gasteiger partial charge in [-0.25, -0.2) is 13.2 Å². The van der Waals surface area contributed by atoms with Gasteiger partial charge in [-0.05, 0) is 68.4 Å². The van der Waals surface area contributed by atoms with Crippen molar-refractivity contribution in [1.29, 1.82) is 0 Å². The third-order valence-electron chi connectivity index (χ3n) is 7.42. The molecule has 1 saturated heterocycles. The molecule has 1 aliphatic carbocycles. The van der Waals surface area contributed by atoms with Crippen LogP contribution in [0.3, 0.4) is 0 Å². The second kappa shape index (κ2) is 10.2. The zero-order chi connectivity index (χ0) is 28.0. The fraction of sp³-hybridized carbons (Fsp3) is 0.538. The Hall–Kier alpha value is -2.54.